The minimum absolute atomic E-state index is 0.731. The second kappa shape index (κ2) is 5.52. The third-order valence-electron chi connectivity index (χ3n) is 3.89. The molecule has 0 radical (unpaired) electrons. The highest BCUT2D eigenvalue weighted by Crippen LogP contribution is 2.20. The molecular formula is C17H19N3. The number of hydrogen-bond acceptors (Lipinski definition) is 2. The third-order valence-corrected chi connectivity index (χ3v) is 3.89. The van der Waals surface area contributed by atoms with Gasteiger partial charge in [-0.15, -0.1) is 0 Å². The number of nitrogens with zero attached hydrogens (tertiary/aromatic N) is 2. The van der Waals surface area contributed by atoms with Crippen molar-refractivity contribution in [2.75, 3.05) is 0 Å². The summed E-state index contributed by atoms with van der Waals surface area (Å²) in [5.74, 6) is 0. The molecule has 2 aromatic rings. The first kappa shape index (κ1) is 13.0. The highest BCUT2D eigenvalue weighted by atomic mass is 15.0. The zero-order valence-corrected chi connectivity index (χ0v) is 11.8. The van der Waals surface area contributed by atoms with Crippen LogP contribution < -0.4 is 5.32 Å². The van der Waals surface area contributed by atoms with Crippen molar-refractivity contribution >= 4 is 0 Å². The topological polar surface area (TPSA) is 40.8 Å². The summed E-state index contributed by atoms with van der Waals surface area (Å²) in [4.78, 5) is 0. The van der Waals surface area contributed by atoms with Gasteiger partial charge in [-0.2, -0.15) is 5.26 Å². The fourth-order valence-corrected chi connectivity index (χ4v) is 2.43. The molecule has 3 heteroatoms. The van der Waals surface area contributed by atoms with Crippen molar-refractivity contribution in [1.29, 1.82) is 5.26 Å². The van der Waals surface area contributed by atoms with Crippen LogP contribution in [0.4, 0.5) is 0 Å². The molecule has 3 nitrogen and oxygen atoms in total. The second-order valence-electron chi connectivity index (χ2n) is 5.54. The van der Waals surface area contributed by atoms with Crippen LogP contribution in [0.1, 0.15) is 35.2 Å². The van der Waals surface area contributed by atoms with E-state index in [0.717, 1.165) is 24.7 Å². The molecule has 20 heavy (non-hydrogen) atoms. The van der Waals surface area contributed by atoms with Crippen LogP contribution in [0.2, 0.25) is 0 Å². The Labute approximate surface area is 119 Å². The standard InChI is InChI=1S/C17H19N3/c1-13-9-14(10-18)4-5-15(13)12-20-8-2-3-17(20)11-19-16-6-7-16/h2-5,8-9,16,19H,6-7,11-12H2,1H3. The van der Waals surface area contributed by atoms with E-state index in [1.54, 1.807) is 0 Å². The van der Waals surface area contributed by atoms with Gasteiger partial charge in [-0.05, 0) is 55.2 Å². The normalized spacial score (nSPS) is 14.2. The van der Waals surface area contributed by atoms with Gasteiger partial charge in [0.25, 0.3) is 0 Å². The fraction of sp³-hybridized carbons (Fsp3) is 0.353. The predicted molar refractivity (Wildman–Crippen MR) is 79.3 cm³/mol. The van der Waals surface area contributed by atoms with E-state index >= 15 is 0 Å². The lowest BCUT2D eigenvalue weighted by atomic mass is 10.1. The van der Waals surface area contributed by atoms with Crippen LogP contribution in [0.15, 0.2) is 36.5 Å². The van der Waals surface area contributed by atoms with Crippen molar-refractivity contribution in [3.8, 4) is 6.07 Å². The molecule has 102 valence electrons. The lowest BCUT2D eigenvalue weighted by molar-refractivity contribution is 0.634. The van der Waals surface area contributed by atoms with Crippen LogP contribution in [0.3, 0.4) is 0 Å². The Morgan fingerprint density at radius 3 is 2.90 bits per heavy atom. The van der Waals surface area contributed by atoms with Crippen LogP contribution in [-0.4, -0.2) is 10.6 Å². The Balaban J connectivity index is 1.73. The van der Waals surface area contributed by atoms with Gasteiger partial charge in [-0.1, -0.05) is 6.07 Å². The van der Waals surface area contributed by atoms with E-state index < -0.39 is 0 Å². The van der Waals surface area contributed by atoms with Crippen molar-refractivity contribution < 1.29 is 0 Å². The summed E-state index contributed by atoms with van der Waals surface area (Å²) in [7, 11) is 0. The molecule has 1 aliphatic rings. The summed E-state index contributed by atoms with van der Waals surface area (Å²) in [6.45, 7) is 3.88. The maximum absolute atomic E-state index is 8.92. The fourth-order valence-electron chi connectivity index (χ4n) is 2.43. The van der Waals surface area contributed by atoms with E-state index in [4.69, 9.17) is 5.26 Å². The molecule has 0 bridgehead atoms. The Bertz CT molecular complexity index is 644. The van der Waals surface area contributed by atoms with E-state index in [-0.39, 0.29) is 0 Å². The van der Waals surface area contributed by atoms with Crippen molar-refractivity contribution in [2.45, 2.75) is 38.9 Å². The average molecular weight is 265 g/mol. The highest BCUT2D eigenvalue weighted by molar-refractivity contribution is 5.37. The van der Waals surface area contributed by atoms with Gasteiger partial charge in [-0.25, -0.2) is 0 Å². The minimum atomic E-state index is 0.731. The predicted octanol–water partition coefficient (Wildman–Crippen LogP) is 2.97. The summed E-state index contributed by atoms with van der Waals surface area (Å²) in [5, 5.41) is 12.5. The largest absolute Gasteiger partial charge is 0.346 e. The SMILES string of the molecule is Cc1cc(C#N)ccc1Cn1cccc1CNC1CC1. The van der Waals surface area contributed by atoms with Crippen LogP contribution in [0.25, 0.3) is 0 Å². The molecule has 1 N–H and O–H groups in total. The Kier molecular flexibility index (Phi) is 3.58. The van der Waals surface area contributed by atoms with Gasteiger partial charge in [0.2, 0.25) is 0 Å². The Hall–Kier alpha value is -2.05. The van der Waals surface area contributed by atoms with E-state index in [9.17, 15) is 0 Å². The summed E-state index contributed by atoms with van der Waals surface area (Å²) in [6, 6.07) is 13.1. The molecule has 1 aromatic carbocycles. The molecule has 1 saturated carbocycles. The average Bonchev–Trinajstić information content (AvgIpc) is 3.18. The lowest BCUT2D eigenvalue weighted by Crippen LogP contribution is -2.18. The Morgan fingerprint density at radius 2 is 2.20 bits per heavy atom. The van der Waals surface area contributed by atoms with E-state index in [2.05, 4.69) is 47.3 Å². The summed E-state index contributed by atoms with van der Waals surface area (Å²) in [6.07, 6.45) is 4.76. The maximum Gasteiger partial charge on any atom is 0.0991 e. The van der Waals surface area contributed by atoms with Crippen molar-refractivity contribution in [3.63, 3.8) is 0 Å². The molecule has 0 unspecified atom stereocenters. The van der Waals surface area contributed by atoms with Crippen molar-refractivity contribution in [3.05, 3.63) is 58.9 Å². The first-order valence-electron chi connectivity index (χ1n) is 7.13. The number of nitrogens with one attached hydrogen (secondary N) is 1. The molecule has 0 aliphatic heterocycles. The quantitative estimate of drug-likeness (QED) is 0.903. The van der Waals surface area contributed by atoms with Gasteiger partial charge in [0.1, 0.15) is 0 Å². The van der Waals surface area contributed by atoms with Gasteiger partial charge < -0.3 is 9.88 Å². The summed E-state index contributed by atoms with van der Waals surface area (Å²) in [5.41, 5.74) is 4.50. The highest BCUT2D eigenvalue weighted by Gasteiger charge is 2.20. The molecule has 0 amide bonds. The summed E-state index contributed by atoms with van der Waals surface area (Å²) < 4.78 is 2.28. The molecule has 3 rings (SSSR count). The second-order valence-corrected chi connectivity index (χ2v) is 5.54. The van der Waals surface area contributed by atoms with E-state index in [0.29, 0.717) is 0 Å². The van der Waals surface area contributed by atoms with E-state index in [1.807, 2.05) is 12.1 Å². The molecule has 1 heterocycles. The number of hydrogen-bond donors (Lipinski definition) is 1. The van der Waals surface area contributed by atoms with Crippen molar-refractivity contribution in [2.24, 2.45) is 0 Å². The third kappa shape index (κ3) is 2.92. The van der Waals surface area contributed by atoms with Gasteiger partial charge in [0.05, 0.1) is 11.6 Å². The first-order chi connectivity index (χ1) is 9.76. The van der Waals surface area contributed by atoms with Gasteiger partial charge in [0, 0.05) is 31.0 Å². The smallest absolute Gasteiger partial charge is 0.0991 e. The van der Waals surface area contributed by atoms with Crippen LogP contribution in [-0.2, 0) is 13.1 Å². The van der Waals surface area contributed by atoms with Crippen LogP contribution >= 0.6 is 0 Å². The first-order valence-corrected chi connectivity index (χ1v) is 7.13. The van der Waals surface area contributed by atoms with Crippen LogP contribution in [0, 0.1) is 18.3 Å². The maximum atomic E-state index is 8.92. The minimum Gasteiger partial charge on any atom is -0.346 e. The number of rotatable bonds is 5. The number of aromatic nitrogens is 1. The molecule has 1 fully saturated rings. The van der Waals surface area contributed by atoms with Crippen molar-refractivity contribution in [1.82, 2.24) is 9.88 Å². The van der Waals surface area contributed by atoms with Gasteiger partial charge >= 0.3 is 0 Å². The molecule has 1 aliphatic carbocycles. The monoisotopic (exact) mass is 265 g/mol. The molecule has 0 saturated heterocycles. The number of nitriles is 1. The number of benzene rings is 1. The molecular weight excluding hydrogens is 246 g/mol. The van der Waals surface area contributed by atoms with E-state index in [1.165, 1.54) is 29.7 Å². The van der Waals surface area contributed by atoms with Gasteiger partial charge in [0.15, 0.2) is 0 Å². The number of aryl methyl sites for hydroxylation is 1. The zero-order valence-electron chi connectivity index (χ0n) is 11.8. The molecule has 1 aromatic heterocycles. The molecule has 0 atom stereocenters. The zero-order chi connectivity index (χ0) is 13.9. The van der Waals surface area contributed by atoms with Gasteiger partial charge in [-0.3, -0.25) is 0 Å². The molecule has 0 spiro atoms. The Morgan fingerprint density at radius 1 is 1.35 bits per heavy atom. The lowest BCUT2D eigenvalue weighted by Gasteiger charge is -2.12. The van der Waals surface area contributed by atoms with Crippen LogP contribution in [0.5, 0.6) is 0 Å². The summed E-state index contributed by atoms with van der Waals surface area (Å²) >= 11 is 0.